The summed E-state index contributed by atoms with van der Waals surface area (Å²) in [5, 5.41) is 4.72. The highest BCUT2D eigenvalue weighted by Crippen LogP contribution is 2.56. The molecule has 0 fully saturated rings. The van der Waals surface area contributed by atoms with E-state index in [1.54, 1.807) is 23.7 Å². The van der Waals surface area contributed by atoms with Crippen molar-refractivity contribution in [3.05, 3.63) is 198 Å². The van der Waals surface area contributed by atoms with Crippen LogP contribution in [0.25, 0.3) is 66.5 Å². The number of hydrogen-bond acceptors (Lipinski definition) is 5. The Labute approximate surface area is 332 Å². The van der Waals surface area contributed by atoms with E-state index in [2.05, 4.69) is 176 Å². The first kappa shape index (κ1) is 34.2. The maximum Gasteiger partial charge on any atom is 0.165 e. The van der Waals surface area contributed by atoms with Gasteiger partial charge in [0.1, 0.15) is 0 Å². The van der Waals surface area contributed by atoms with E-state index in [-0.39, 0.29) is 0 Å². The number of aromatic nitrogens is 4. The van der Waals surface area contributed by atoms with Gasteiger partial charge in [0.2, 0.25) is 0 Å². The highest BCUT2D eigenvalue weighted by atomic mass is 32.1. The minimum atomic E-state index is -1.61. The predicted molar refractivity (Wildman–Crippen MR) is 235 cm³/mol. The lowest BCUT2D eigenvalue weighted by atomic mass is 9.67. The van der Waals surface area contributed by atoms with Crippen molar-refractivity contribution in [2.24, 2.45) is 0 Å². The molecule has 1 aliphatic carbocycles. The summed E-state index contributed by atoms with van der Waals surface area (Å²) in [5.41, 5.74) is 12.4. The number of thiophene rings is 1. The first-order valence-corrected chi connectivity index (χ1v) is 23.4. The topological polar surface area (TPSA) is 51.6 Å². The zero-order valence-corrected chi connectivity index (χ0v) is 33.3. The summed E-state index contributed by atoms with van der Waals surface area (Å²) in [4.78, 5) is 19.4. The van der Waals surface area contributed by atoms with Crippen LogP contribution in [0.4, 0.5) is 0 Å². The number of pyridine rings is 1. The maximum absolute atomic E-state index is 5.08. The molecule has 268 valence electrons. The molecule has 0 unspecified atom stereocenters. The molecule has 10 rings (SSSR count). The van der Waals surface area contributed by atoms with Gasteiger partial charge >= 0.3 is 0 Å². The summed E-state index contributed by atoms with van der Waals surface area (Å²) in [5.74, 6) is 1.88. The van der Waals surface area contributed by atoms with Crippen LogP contribution in [0.3, 0.4) is 0 Å². The molecule has 0 saturated carbocycles. The average molecular weight is 755 g/mol. The number of fused-ring (bicyclic) bond motifs is 4. The smallest absolute Gasteiger partial charge is 0.165 e. The van der Waals surface area contributed by atoms with Crippen LogP contribution in [0.1, 0.15) is 22.3 Å². The lowest BCUT2D eigenvalue weighted by molar-refractivity contribution is 0.769. The monoisotopic (exact) mass is 754 g/mol. The van der Waals surface area contributed by atoms with Crippen LogP contribution in [0, 0.1) is 0 Å². The van der Waals surface area contributed by atoms with Gasteiger partial charge in [0.05, 0.1) is 13.5 Å². The van der Waals surface area contributed by atoms with E-state index in [0.717, 1.165) is 27.6 Å². The summed E-state index contributed by atoms with van der Waals surface area (Å²) in [7, 11) is -1.61. The largest absolute Gasteiger partial charge is 0.264 e. The summed E-state index contributed by atoms with van der Waals surface area (Å²) in [6.45, 7) is 7.31. The molecule has 3 heterocycles. The Hall–Kier alpha value is -6.34. The average Bonchev–Trinajstić information content (AvgIpc) is 3.85. The van der Waals surface area contributed by atoms with Crippen LogP contribution < -0.4 is 5.19 Å². The number of rotatable bonds is 7. The van der Waals surface area contributed by atoms with Gasteiger partial charge in [-0.25, -0.2) is 15.0 Å². The van der Waals surface area contributed by atoms with Gasteiger partial charge in [-0.3, -0.25) is 4.98 Å². The Morgan fingerprint density at radius 2 is 1.11 bits per heavy atom. The fraction of sp³-hybridized carbons (Fsp3) is 0.0800. The third-order valence-electron chi connectivity index (χ3n) is 11.2. The summed E-state index contributed by atoms with van der Waals surface area (Å²) in [6.07, 6.45) is 3.57. The van der Waals surface area contributed by atoms with Gasteiger partial charge in [-0.2, -0.15) is 0 Å². The fourth-order valence-corrected chi connectivity index (χ4v) is 10.4. The van der Waals surface area contributed by atoms with Crippen molar-refractivity contribution in [3.63, 3.8) is 0 Å². The van der Waals surface area contributed by atoms with Crippen LogP contribution >= 0.6 is 11.3 Å². The second-order valence-electron chi connectivity index (χ2n) is 15.5. The molecule has 0 amide bonds. The second kappa shape index (κ2) is 13.4. The van der Waals surface area contributed by atoms with Gasteiger partial charge in [-0.1, -0.05) is 152 Å². The zero-order chi connectivity index (χ0) is 37.9. The normalized spacial score (nSPS) is 13.1. The van der Waals surface area contributed by atoms with E-state index in [1.165, 1.54) is 48.8 Å². The fourth-order valence-electron chi connectivity index (χ4n) is 8.39. The van der Waals surface area contributed by atoms with Crippen molar-refractivity contribution >= 4 is 34.7 Å². The summed E-state index contributed by atoms with van der Waals surface area (Å²) >= 11 is 1.72. The third kappa shape index (κ3) is 5.64. The van der Waals surface area contributed by atoms with Crippen molar-refractivity contribution in [1.29, 1.82) is 0 Å². The van der Waals surface area contributed by atoms with Crippen molar-refractivity contribution in [3.8, 4) is 56.4 Å². The molecule has 3 aromatic heterocycles. The molecular weight excluding hydrogens is 717 g/mol. The van der Waals surface area contributed by atoms with Crippen LogP contribution in [-0.2, 0) is 5.41 Å². The van der Waals surface area contributed by atoms with E-state index in [4.69, 9.17) is 15.0 Å². The minimum absolute atomic E-state index is 0.464. The molecule has 56 heavy (non-hydrogen) atoms. The molecule has 0 aliphatic heterocycles. The number of benzene rings is 6. The minimum Gasteiger partial charge on any atom is -0.264 e. The van der Waals surface area contributed by atoms with Gasteiger partial charge in [-0.05, 0) is 80.2 Å². The van der Waals surface area contributed by atoms with E-state index in [1.807, 2.05) is 12.1 Å². The van der Waals surface area contributed by atoms with Crippen molar-refractivity contribution in [1.82, 2.24) is 19.9 Å². The SMILES string of the molecule is C[Si](C)(C)c1ccc2c(c1)C(c1ccccc1)(c1ccccc1)c1cc(-c3ccc(-c4nc(-c5cccnc5)nc(-c5cccc6sccc56)n4)cc3)ccc1-2. The molecule has 0 bridgehead atoms. The molecule has 0 radical (unpaired) electrons. The van der Waals surface area contributed by atoms with Crippen molar-refractivity contribution in [2.45, 2.75) is 25.1 Å². The number of hydrogen-bond donors (Lipinski definition) is 0. The molecule has 4 nitrogen and oxygen atoms in total. The molecule has 9 aromatic rings. The first-order chi connectivity index (χ1) is 27.4. The summed E-state index contributed by atoms with van der Waals surface area (Å²) < 4.78 is 1.20. The van der Waals surface area contributed by atoms with Gasteiger partial charge in [0.15, 0.2) is 17.5 Å². The molecule has 0 N–H and O–H groups in total. The molecule has 1 aliphatic rings. The third-order valence-corrected chi connectivity index (χ3v) is 14.1. The molecular formula is C50H38N4SSi. The highest BCUT2D eigenvalue weighted by molar-refractivity contribution is 7.17. The Morgan fingerprint density at radius 3 is 1.79 bits per heavy atom. The Bertz CT molecular complexity index is 2840. The van der Waals surface area contributed by atoms with Gasteiger partial charge in [0, 0.05) is 39.2 Å². The highest BCUT2D eigenvalue weighted by Gasteiger charge is 2.46. The molecule has 0 saturated heterocycles. The Kier molecular flexibility index (Phi) is 8.20. The van der Waals surface area contributed by atoms with Crippen LogP contribution in [0.15, 0.2) is 175 Å². The van der Waals surface area contributed by atoms with Gasteiger partial charge in [-0.15, -0.1) is 11.3 Å². The summed E-state index contributed by atoms with van der Waals surface area (Å²) in [6, 6.07) is 57.5. The van der Waals surface area contributed by atoms with E-state index < -0.39 is 13.5 Å². The molecule has 0 atom stereocenters. The Morgan fingerprint density at radius 1 is 0.482 bits per heavy atom. The Balaban J connectivity index is 1.11. The van der Waals surface area contributed by atoms with Gasteiger partial charge in [0.25, 0.3) is 0 Å². The van der Waals surface area contributed by atoms with Gasteiger partial charge < -0.3 is 0 Å². The van der Waals surface area contributed by atoms with Crippen molar-refractivity contribution in [2.75, 3.05) is 0 Å². The van der Waals surface area contributed by atoms with Crippen LogP contribution in [-0.4, -0.2) is 28.0 Å². The predicted octanol–water partition coefficient (Wildman–Crippen LogP) is 12.1. The molecule has 6 heteroatoms. The standard InChI is InChI=1S/C50H38N4SSi/c1-56(2,3)39-24-26-41-40-25-23-35(30-44(40)50(45(41)31-39,37-13-6-4-7-14-37)38-15-8-5-9-16-38)33-19-21-34(22-20-33)47-52-48(36-12-11-28-51-32-36)54-49(53-47)43-17-10-18-46-42(43)27-29-55-46/h4-32H,1-3H3. The molecule has 0 spiro atoms. The number of nitrogens with zero attached hydrogens (tertiary/aromatic N) is 4. The lowest BCUT2D eigenvalue weighted by Gasteiger charge is -2.35. The van der Waals surface area contributed by atoms with E-state index in [0.29, 0.717) is 17.5 Å². The van der Waals surface area contributed by atoms with E-state index in [9.17, 15) is 0 Å². The quantitative estimate of drug-likeness (QED) is 0.152. The first-order valence-electron chi connectivity index (χ1n) is 19.0. The second-order valence-corrected chi connectivity index (χ2v) is 21.5. The van der Waals surface area contributed by atoms with Crippen molar-refractivity contribution < 1.29 is 0 Å². The van der Waals surface area contributed by atoms with E-state index >= 15 is 0 Å². The van der Waals surface area contributed by atoms with Crippen LogP contribution in [0.5, 0.6) is 0 Å². The molecule has 6 aromatic carbocycles. The zero-order valence-electron chi connectivity index (χ0n) is 31.4. The van der Waals surface area contributed by atoms with Crippen LogP contribution in [0.2, 0.25) is 19.6 Å². The maximum atomic E-state index is 5.08. The lowest BCUT2D eigenvalue weighted by Crippen LogP contribution is -2.39.